The van der Waals surface area contributed by atoms with Crippen LogP contribution in [0.5, 0.6) is 5.75 Å². The Bertz CT molecular complexity index is 540. The highest BCUT2D eigenvalue weighted by Gasteiger charge is 2.12. The summed E-state index contributed by atoms with van der Waals surface area (Å²) < 4.78 is 5.37. The number of hydrogen-bond acceptors (Lipinski definition) is 4. The summed E-state index contributed by atoms with van der Waals surface area (Å²) in [5.41, 5.74) is 2.92. The Hall–Kier alpha value is -2.10. The van der Waals surface area contributed by atoms with Gasteiger partial charge in [0, 0.05) is 17.7 Å². The molecule has 0 radical (unpaired) electrons. The summed E-state index contributed by atoms with van der Waals surface area (Å²) in [6.45, 7) is 4.90. The largest absolute Gasteiger partial charge is 0.496 e. The number of benzene rings is 1. The van der Waals surface area contributed by atoms with E-state index in [0.717, 1.165) is 34.9 Å². The second-order valence-corrected chi connectivity index (χ2v) is 3.93. The molecule has 1 aromatic heterocycles. The van der Waals surface area contributed by atoms with Crippen LogP contribution >= 0.6 is 0 Å². The van der Waals surface area contributed by atoms with Crippen molar-refractivity contribution in [2.75, 3.05) is 19.0 Å². The Morgan fingerprint density at radius 1 is 1.22 bits per heavy atom. The fourth-order valence-corrected chi connectivity index (χ4v) is 1.91. The van der Waals surface area contributed by atoms with Crippen molar-refractivity contribution in [3.05, 3.63) is 36.2 Å². The van der Waals surface area contributed by atoms with Crippen molar-refractivity contribution >= 4 is 5.82 Å². The van der Waals surface area contributed by atoms with Crippen LogP contribution in [0, 0.1) is 6.92 Å². The van der Waals surface area contributed by atoms with Crippen LogP contribution in [0.1, 0.15) is 12.5 Å². The van der Waals surface area contributed by atoms with E-state index in [1.807, 2.05) is 38.1 Å². The van der Waals surface area contributed by atoms with Gasteiger partial charge in [-0.3, -0.25) is 0 Å². The van der Waals surface area contributed by atoms with E-state index in [2.05, 4.69) is 15.3 Å². The maximum Gasteiger partial charge on any atom is 0.132 e. The second kappa shape index (κ2) is 5.49. The zero-order valence-corrected chi connectivity index (χ0v) is 10.9. The molecule has 4 nitrogen and oxygen atoms in total. The lowest BCUT2D eigenvalue weighted by atomic mass is 10.1. The minimum Gasteiger partial charge on any atom is -0.496 e. The van der Waals surface area contributed by atoms with Crippen LogP contribution in [0.15, 0.2) is 30.6 Å². The van der Waals surface area contributed by atoms with Gasteiger partial charge >= 0.3 is 0 Å². The zero-order valence-electron chi connectivity index (χ0n) is 10.9. The molecule has 0 bridgehead atoms. The van der Waals surface area contributed by atoms with Crippen molar-refractivity contribution in [1.82, 2.24) is 9.97 Å². The number of methoxy groups -OCH3 is 1. The van der Waals surface area contributed by atoms with Crippen LogP contribution in [0.3, 0.4) is 0 Å². The minimum absolute atomic E-state index is 0.821. The van der Waals surface area contributed by atoms with Gasteiger partial charge < -0.3 is 10.1 Å². The first-order valence-corrected chi connectivity index (χ1v) is 5.96. The molecular formula is C14H17N3O. The summed E-state index contributed by atoms with van der Waals surface area (Å²) in [6.07, 6.45) is 1.58. The van der Waals surface area contributed by atoms with E-state index >= 15 is 0 Å². The average Bonchev–Trinajstić information content (AvgIpc) is 2.41. The molecule has 0 aliphatic carbocycles. The third kappa shape index (κ3) is 2.27. The van der Waals surface area contributed by atoms with Crippen LogP contribution in [0.2, 0.25) is 0 Å². The predicted octanol–water partition coefficient (Wildman–Crippen LogP) is 2.89. The standard InChI is InChI=1S/C14H17N3O/c1-4-15-14-10(2)13(16-9-17-14)11-7-5-6-8-12(11)18-3/h5-9H,4H2,1-3H3,(H,15,16,17). The predicted molar refractivity (Wildman–Crippen MR) is 72.9 cm³/mol. The second-order valence-electron chi connectivity index (χ2n) is 3.93. The smallest absolute Gasteiger partial charge is 0.132 e. The SMILES string of the molecule is CCNc1ncnc(-c2ccccc2OC)c1C. The topological polar surface area (TPSA) is 47.0 Å². The van der Waals surface area contributed by atoms with Crippen LogP contribution < -0.4 is 10.1 Å². The maximum atomic E-state index is 5.37. The first kappa shape index (κ1) is 12.4. The van der Waals surface area contributed by atoms with Crippen LogP contribution in [-0.4, -0.2) is 23.6 Å². The summed E-state index contributed by atoms with van der Waals surface area (Å²) in [5.74, 6) is 1.69. The molecule has 1 aromatic carbocycles. The van der Waals surface area contributed by atoms with E-state index in [1.54, 1.807) is 13.4 Å². The number of para-hydroxylation sites is 1. The Morgan fingerprint density at radius 3 is 2.72 bits per heavy atom. The molecule has 4 heteroatoms. The van der Waals surface area contributed by atoms with Gasteiger partial charge in [-0.15, -0.1) is 0 Å². The Kier molecular flexibility index (Phi) is 3.77. The van der Waals surface area contributed by atoms with E-state index in [0.29, 0.717) is 0 Å². The molecule has 0 saturated carbocycles. The summed E-state index contributed by atoms with van der Waals surface area (Å²) in [7, 11) is 1.67. The Labute approximate surface area is 107 Å². The molecule has 94 valence electrons. The number of aromatic nitrogens is 2. The van der Waals surface area contributed by atoms with Crippen molar-refractivity contribution in [3.63, 3.8) is 0 Å². The van der Waals surface area contributed by atoms with Gasteiger partial charge in [-0.25, -0.2) is 9.97 Å². The van der Waals surface area contributed by atoms with E-state index in [4.69, 9.17) is 4.74 Å². The van der Waals surface area contributed by atoms with E-state index < -0.39 is 0 Å². The first-order valence-electron chi connectivity index (χ1n) is 5.96. The third-order valence-electron chi connectivity index (χ3n) is 2.79. The van der Waals surface area contributed by atoms with Crippen molar-refractivity contribution in [3.8, 4) is 17.0 Å². The lowest BCUT2D eigenvalue weighted by Gasteiger charge is -2.12. The van der Waals surface area contributed by atoms with Crippen molar-refractivity contribution in [1.29, 1.82) is 0 Å². The van der Waals surface area contributed by atoms with Crippen LogP contribution in [0.25, 0.3) is 11.3 Å². The molecule has 1 N–H and O–H groups in total. The molecule has 0 fully saturated rings. The van der Waals surface area contributed by atoms with E-state index in [9.17, 15) is 0 Å². The van der Waals surface area contributed by atoms with E-state index in [-0.39, 0.29) is 0 Å². The van der Waals surface area contributed by atoms with Crippen LogP contribution in [-0.2, 0) is 0 Å². The zero-order chi connectivity index (χ0) is 13.0. The van der Waals surface area contributed by atoms with Gasteiger partial charge in [0.05, 0.1) is 12.8 Å². The highest BCUT2D eigenvalue weighted by atomic mass is 16.5. The summed E-state index contributed by atoms with van der Waals surface area (Å²) >= 11 is 0. The molecule has 0 unspecified atom stereocenters. The van der Waals surface area contributed by atoms with Crippen molar-refractivity contribution in [2.45, 2.75) is 13.8 Å². The van der Waals surface area contributed by atoms with Gasteiger partial charge in [-0.1, -0.05) is 12.1 Å². The van der Waals surface area contributed by atoms with Gasteiger partial charge in [0.1, 0.15) is 17.9 Å². The number of ether oxygens (including phenoxy) is 1. The van der Waals surface area contributed by atoms with Gasteiger partial charge in [-0.05, 0) is 26.0 Å². The number of hydrogen-bond donors (Lipinski definition) is 1. The highest BCUT2D eigenvalue weighted by Crippen LogP contribution is 2.31. The summed E-state index contributed by atoms with van der Waals surface area (Å²) in [6, 6.07) is 7.87. The monoisotopic (exact) mass is 243 g/mol. The van der Waals surface area contributed by atoms with Crippen LogP contribution in [0.4, 0.5) is 5.82 Å². The lowest BCUT2D eigenvalue weighted by molar-refractivity contribution is 0.416. The Balaban J connectivity index is 2.53. The molecule has 0 amide bonds. The van der Waals surface area contributed by atoms with Crippen molar-refractivity contribution in [2.24, 2.45) is 0 Å². The van der Waals surface area contributed by atoms with Gasteiger partial charge in [0.15, 0.2) is 0 Å². The van der Waals surface area contributed by atoms with Gasteiger partial charge in [-0.2, -0.15) is 0 Å². The van der Waals surface area contributed by atoms with Gasteiger partial charge in [0.25, 0.3) is 0 Å². The molecule has 2 rings (SSSR count). The average molecular weight is 243 g/mol. The van der Waals surface area contributed by atoms with Gasteiger partial charge in [0.2, 0.25) is 0 Å². The fraction of sp³-hybridized carbons (Fsp3) is 0.286. The number of anilines is 1. The highest BCUT2D eigenvalue weighted by molar-refractivity contribution is 5.72. The number of nitrogens with zero attached hydrogens (tertiary/aromatic N) is 2. The summed E-state index contributed by atoms with van der Waals surface area (Å²) in [5, 5.41) is 3.23. The molecule has 0 aliphatic rings. The molecule has 1 heterocycles. The third-order valence-corrected chi connectivity index (χ3v) is 2.79. The quantitative estimate of drug-likeness (QED) is 0.897. The fourth-order valence-electron chi connectivity index (χ4n) is 1.91. The molecular weight excluding hydrogens is 226 g/mol. The first-order chi connectivity index (χ1) is 8.77. The molecule has 0 spiro atoms. The van der Waals surface area contributed by atoms with Crippen molar-refractivity contribution < 1.29 is 4.74 Å². The molecule has 2 aromatic rings. The lowest BCUT2D eigenvalue weighted by Crippen LogP contribution is -2.04. The molecule has 18 heavy (non-hydrogen) atoms. The molecule has 0 atom stereocenters. The summed E-state index contributed by atoms with van der Waals surface area (Å²) in [4.78, 5) is 8.62. The normalized spacial score (nSPS) is 10.2. The van der Waals surface area contributed by atoms with E-state index in [1.165, 1.54) is 0 Å². The molecule has 0 saturated heterocycles. The number of rotatable bonds is 4. The maximum absolute atomic E-state index is 5.37. The number of nitrogens with one attached hydrogen (secondary N) is 1. The molecule has 0 aliphatic heterocycles. The minimum atomic E-state index is 0.821. The Morgan fingerprint density at radius 2 is 2.00 bits per heavy atom.